The summed E-state index contributed by atoms with van der Waals surface area (Å²) >= 11 is 0. The van der Waals surface area contributed by atoms with Gasteiger partial charge in [0, 0.05) is 25.3 Å². The first-order valence-electron chi connectivity index (χ1n) is 8.85. The van der Waals surface area contributed by atoms with E-state index >= 15 is 0 Å². The van der Waals surface area contributed by atoms with Gasteiger partial charge >= 0.3 is 18.0 Å². The molecule has 1 saturated carbocycles. The summed E-state index contributed by atoms with van der Waals surface area (Å²) < 4.78 is 9.87. The highest BCUT2D eigenvalue weighted by Crippen LogP contribution is 2.59. The molecule has 0 saturated heterocycles. The molecule has 0 aliphatic heterocycles. The predicted octanol–water partition coefficient (Wildman–Crippen LogP) is 2.85. The molecule has 140 valence electrons. The first-order chi connectivity index (χ1) is 11.8. The number of carboxylic acids is 1. The summed E-state index contributed by atoms with van der Waals surface area (Å²) in [6.45, 7) is 5.45. The van der Waals surface area contributed by atoms with E-state index in [2.05, 4.69) is 18.3 Å². The van der Waals surface area contributed by atoms with Crippen LogP contribution in [0.3, 0.4) is 0 Å². The molecule has 0 aromatic carbocycles. The number of hydrogen-bond acceptors (Lipinski definition) is 5. The highest BCUT2D eigenvalue weighted by atomic mass is 16.7. The van der Waals surface area contributed by atoms with E-state index in [0.29, 0.717) is 5.92 Å². The lowest BCUT2D eigenvalue weighted by Gasteiger charge is -2.51. The monoisotopic (exact) mass is 353 g/mol. The van der Waals surface area contributed by atoms with Crippen molar-refractivity contribution in [1.82, 2.24) is 5.32 Å². The molecule has 1 amide bonds. The van der Waals surface area contributed by atoms with E-state index in [9.17, 15) is 19.5 Å². The smallest absolute Gasteiger partial charge is 0.410 e. The van der Waals surface area contributed by atoms with E-state index in [0.717, 1.165) is 19.3 Å². The van der Waals surface area contributed by atoms with Gasteiger partial charge in [0.15, 0.2) is 0 Å². The molecular formula is C18H27NO6. The first kappa shape index (κ1) is 19.3. The van der Waals surface area contributed by atoms with Crippen LogP contribution in [0.25, 0.3) is 0 Å². The van der Waals surface area contributed by atoms with E-state index in [4.69, 9.17) is 9.47 Å². The van der Waals surface area contributed by atoms with Crippen molar-refractivity contribution in [1.29, 1.82) is 0 Å². The molecular weight excluding hydrogens is 326 g/mol. The van der Waals surface area contributed by atoms with E-state index in [1.807, 2.05) is 0 Å². The molecule has 7 nitrogen and oxygen atoms in total. The Labute approximate surface area is 147 Å². The number of ether oxygens (including phenoxy) is 2. The number of amides is 1. The Morgan fingerprint density at radius 1 is 1.36 bits per heavy atom. The molecule has 2 aliphatic rings. The summed E-state index contributed by atoms with van der Waals surface area (Å²) in [6.07, 6.45) is 3.51. The van der Waals surface area contributed by atoms with Crippen molar-refractivity contribution in [3.05, 3.63) is 11.6 Å². The van der Waals surface area contributed by atoms with Gasteiger partial charge in [-0.15, -0.1) is 0 Å². The number of carbonyl (C=O) groups excluding carboxylic acids is 2. The van der Waals surface area contributed by atoms with Crippen molar-refractivity contribution in [2.24, 2.45) is 17.3 Å². The third kappa shape index (κ3) is 4.52. The minimum Gasteiger partial charge on any atom is -0.481 e. The van der Waals surface area contributed by atoms with Crippen LogP contribution in [0.4, 0.5) is 4.79 Å². The third-order valence-corrected chi connectivity index (χ3v) is 5.22. The first-order valence-corrected chi connectivity index (χ1v) is 8.85. The lowest BCUT2D eigenvalue weighted by molar-refractivity contribution is -0.164. The molecule has 0 unspecified atom stereocenters. The van der Waals surface area contributed by atoms with Gasteiger partial charge in [-0.2, -0.15) is 0 Å². The van der Waals surface area contributed by atoms with Gasteiger partial charge in [-0.3, -0.25) is 9.59 Å². The third-order valence-electron chi connectivity index (χ3n) is 5.22. The maximum Gasteiger partial charge on any atom is 0.410 e. The largest absolute Gasteiger partial charge is 0.481 e. The molecule has 0 aromatic rings. The number of allylic oxidation sites excluding steroid dienone is 2. The zero-order chi connectivity index (χ0) is 18.6. The van der Waals surface area contributed by atoms with Gasteiger partial charge in [-0.25, -0.2) is 4.79 Å². The summed E-state index contributed by atoms with van der Waals surface area (Å²) in [7, 11) is 0. The predicted molar refractivity (Wildman–Crippen MR) is 89.6 cm³/mol. The van der Waals surface area contributed by atoms with Crippen LogP contribution in [-0.4, -0.2) is 36.0 Å². The van der Waals surface area contributed by atoms with Gasteiger partial charge in [0.2, 0.25) is 6.29 Å². The molecule has 25 heavy (non-hydrogen) atoms. The standard InChI is InChI=1S/C18H27NO6/c1-4-12-6-13-8-18(9-15(20)21,14(13)7-12)10-19-17(23)25-11(3)24-16(22)5-2/h7,11,13-14H,4-6,8-10H2,1-3H3,(H,19,23)(H,20,21)/t11-,13+,14+,18+/m0/s1. The van der Waals surface area contributed by atoms with Gasteiger partial charge in [0.05, 0.1) is 6.42 Å². The van der Waals surface area contributed by atoms with Gasteiger partial charge in [-0.1, -0.05) is 25.5 Å². The Kier molecular flexibility index (Phi) is 6.08. The quantitative estimate of drug-likeness (QED) is 0.395. The fourth-order valence-electron chi connectivity index (χ4n) is 4.03. The van der Waals surface area contributed by atoms with Crippen molar-refractivity contribution in [2.75, 3.05) is 6.54 Å². The molecule has 7 heteroatoms. The van der Waals surface area contributed by atoms with Gasteiger partial charge < -0.3 is 19.9 Å². The minimum absolute atomic E-state index is 0.0162. The SMILES string of the molecule is CCC(=O)O[C@H](C)OC(=O)NC[C@]1(CC(=O)O)C[C@H]2CC(CC)=C[C@H]21. The van der Waals surface area contributed by atoms with Gasteiger partial charge in [0.1, 0.15) is 0 Å². The van der Waals surface area contributed by atoms with E-state index in [1.165, 1.54) is 12.5 Å². The van der Waals surface area contributed by atoms with Crippen LogP contribution in [0.2, 0.25) is 0 Å². The van der Waals surface area contributed by atoms with Crippen molar-refractivity contribution in [3.8, 4) is 0 Å². The van der Waals surface area contributed by atoms with Gasteiger partial charge in [0.25, 0.3) is 0 Å². The number of esters is 1. The summed E-state index contributed by atoms with van der Waals surface area (Å²) in [4.78, 5) is 34.4. The average molecular weight is 353 g/mol. The molecule has 1 fully saturated rings. The molecule has 2 aliphatic carbocycles. The fourth-order valence-corrected chi connectivity index (χ4v) is 4.03. The highest BCUT2D eigenvalue weighted by molar-refractivity contribution is 5.71. The topological polar surface area (TPSA) is 102 Å². The van der Waals surface area contributed by atoms with Crippen LogP contribution in [-0.2, 0) is 19.1 Å². The Bertz CT molecular complexity index is 572. The summed E-state index contributed by atoms with van der Waals surface area (Å²) in [5.74, 6) is -0.643. The number of aliphatic carboxylic acids is 1. The molecule has 0 aromatic heterocycles. The Balaban J connectivity index is 1.91. The average Bonchev–Trinajstić information content (AvgIpc) is 2.88. The second kappa shape index (κ2) is 7.89. The molecule has 0 spiro atoms. The van der Waals surface area contributed by atoms with Crippen molar-refractivity contribution >= 4 is 18.0 Å². The Morgan fingerprint density at radius 2 is 2.08 bits per heavy atom. The maximum atomic E-state index is 11.9. The number of rotatable bonds is 8. The second-order valence-electron chi connectivity index (χ2n) is 6.98. The summed E-state index contributed by atoms with van der Waals surface area (Å²) in [5.41, 5.74) is 0.903. The van der Waals surface area contributed by atoms with Crippen molar-refractivity contribution < 1.29 is 29.0 Å². The van der Waals surface area contributed by atoms with Crippen LogP contribution in [0.15, 0.2) is 11.6 Å². The van der Waals surface area contributed by atoms with Crippen LogP contribution in [0, 0.1) is 17.3 Å². The molecule has 2 N–H and O–H groups in total. The second-order valence-corrected chi connectivity index (χ2v) is 6.98. The summed E-state index contributed by atoms with van der Waals surface area (Å²) in [6, 6.07) is 0. The zero-order valence-corrected chi connectivity index (χ0v) is 15.0. The van der Waals surface area contributed by atoms with Gasteiger partial charge in [-0.05, 0) is 31.1 Å². The number of nitrogens with one attached hydrogen (secondary N) is 1. The fraction of sp³-hybridized carbons (Fsp3) is 0.722. The molecule has 0 heterocycles. The Hall–Kier alpha value is -2.05. The van der Waals surface area contributed by atoms with E-state index in [-0.39, 0.29) is 25.3 Å². The highest BCUT2D eigenvalue weighted by Gasteiger charge is 2.55. The van der Waals surface area contributed by atoms with E-state index < -0.39 is 29.7 Å². The number of hydrogen-bond donors (Lipinski definition) is 2. The van der Waals surface area contributed by atoms with Crippen LogP contribution < -0.4 is 5.32 Å². The molecule has 0 radical (unpaired) electrons. The van der Waals surface area contributed by atoms with Crippen molar-refractivity contribution in [3.63, 3.8) is 0 Å². The maximum absolute atomic E-state index is 11.9. The summed E-state index contributed by atoms with van der Waals surface area (Å²) in [5, 5.41) is 11.9. The molecule has 0 bridgehead atoms. The van der Waals surface area contributed by atoms with Crippen LogP contribution in [0.1, 0.15) is 52.9 Å². The minimum atomic E-state index is -0.977. The van der Waals surface area contributed by atoms with E-state index in [1.54, 1.807) is 6.92 Å². The lowest BCUT2D eigenvalue weighted by Crippen LogP contribution is -2.53. The molecule has 4 atom stereocenters. The Morgan fingerprint density at radius 3 is 2.68 bits per heavy atom. The normalized spacial score (nSPS) is 28.2. The van der Waals surface area contributed by atoms with Crippen LogP contribution >= 0.6 is 0 Å². The zero-order valence-electron chi connectivity index (χ0n) is 15.0. The van der Waals surface area contributed by atoms with Crippen LogP contribution in [0.5, 0.6) is 0 Å². The molecule has 2 rings (SSSR count). The number of fused-ring (bicyclic) bond motifs is 1. The van der Waals surface area contributed by atoms with Crippen molar-refractivity contribution in [2.45, 2.75) is 59.2 Å². The lowest BCUT2D eigenvalue weighted by atomic mass is 9.53. The number of carboxylic acid groups (broad SMARTS) is 1. The number of alkyl carbamates (subject to hydrolysis) is 1. The number of carbonyl (C=O) groups is 3.